The number of benzene rings is 1. The highest BCUT2D eigenvalue weighted by Crippen LogP contribution is 2.33. The van der Waals surface area contributed by atoms with Gasteiger partial charge in [-0.1, -0.05) is 6.07 Å². The van der Waals surface area contributed by atoms with E-state index in [1.165, 1.54) is 17.8 Å². The van der Waals surface area contributed by atoms with Crippen molar-refractivity contribution in [2.75, 3.05) is 6.26 Å². The molecule has 1 rings (SSSR count). The summed E-state index contributed by atoms with van der Waals surface area (Å²) in [5.74, 6) is -1.15. The first kappa shape index (κ1) is 12.9. The molecule has 0 saturated carbocycles. The maximum Gasteiger partial charge on any atom is 0.417 e. The zero-order valence-corrected chi connectivity index (χ0v) is 9.15. The lowest BCUT2D eigenvalue weighted by Crippen LogP contribution is -2.13. The Labute approximate surface area is 94.5 Å². The maximum absolute atomic E-state index is 12.6. The summed E-state index contributed by atoms with van der Waals surface area (Å²) in [6.45, 7) is 0. The lowest BCUT2D eigenvalue weighted by atomic mass is 10.0. The average molecular weight is 250 g/mol. The Morgan fingerprint density at radius 3 is 2.50 bits per heavy atom. The van der Waals surface area contributed by atoms with Crippen LogP contribution in [0.15, 0.2) is 18.2 Å². The highest BCUT2D eigenvalue weighted by Gasteiger charge is 2.35. The van der Waals surface area contributed by atoms with Crippen LogP contribution in [0, 0.1) is 0 Å². The van der Waals surface area contributed by atoms with Gasteiger partial charge in [0.2, 0.25) is 0 Å². The minimum atomic E-state index is -4.64. The molecule has 0 atom stereocenters. The Morgan fingerprint density at radius 1 is 1.44 bits per heavy atom. The minimum absolute atomic E-state index is 0.420. The first-order chi connectivity index (χ1) is 7.36. The molecule has 1 aromatic carbocycles. The van der Waals surface area contributed by atoms with E-state index >= 15 is 0 Å². The predicted molar refractivity (Wildman–Crippen MR) is 55.6 cm³/mol. The summed E-state index contributed by atoms with van der Waals surface area (Å²) in [6.07, 6.45) is -2.87. The summed E-state index contributed by atoms with van der Waals surface area (Å²) >= 11 is 1.37. The molecule has 1 aromatic rings. The Hall–Kier alpha value is -1.17. The van der Waals surface area contributed by atoms with Gasteiger partial charge in [-0.2, -0.15) is 24.9 Å². The van der Waals surface area contributed by atoms with Gasteiger partial charge in [0.25, 0.3) is 0 Å². The van der Waals surface area contributed by atoms with Crippen molar-refractivity contribution in [1.82, 2.24) is 0 Å². The summed E-state index contributed by atoms with van der Waals surface area (Å²) in [5.41, 5.74) is -1.34. The van der Waals surface area contributed by atoms with Crippen molar-refractivity contribution >= 4 is 17.7 Å². The predicted octanol–water partition coefficient (Wildman–Crippen LogP) is 3.27. The second-order valence-corrected chi connectivity index (χ2v) is 3.98. The van der Waals surface area contributed by atoms with Crippen molar-refractivity contribution in [3.8, 4) is 0 Å². The van der Waals surface area contributed by atoms with Crippen LogP contribution in [0.25, 0.3) is 0 Å². The van der Waals surface area contributed by atoms with Crippen molar-refractivity contribution < 1.29 is 23.1 Å². The van der Waals surface area contributed by atoms with Crippen molar-refractivity contribution in [3.05, 3.63) is 34.9 Å². The van der Waals surface area contributed by atoms with Gasteiger partial charge in [-0.15, -0.1) is 0 Å². The highest BCUT2D eigenvalue weighted by molar-refractivity contribution is 7.97. The van der Waals surface area contributed by atoms with E-state index < -0.39 is 23.3 Å². The maximum atomic E-state index is 12.6. The number of aromatic carboxylic acids is 1. The molecule has 88 valence electrons. The van der Waals surface area contributed by atoms with E-state index in [0.717, 1.165) is 12.1 Å². The fourth-order valence-corrected chi connectivity index (χ4v) is 1.78. The SMILES string of the molecule is CSCc1ccc(C(=O)O)c(C(F)(F)F)c1. The molecular weight excluding hydrogens is 241 g/mol. The van der Waals surface area contributed by atoms with Crippen LogP contribution < -0.4 is 0 Å². The number of hydrogen-bond donors (Lipinski definition) is 1. The quantitative estimate of drug-likeness (QED) is 0.894. The van der Waals surface area contributed by atoms with Crippen LogP contribution in [-0.4, -0.2) is 17.3 Å². The van der Waals surface area contributed by atoms with E-state index in [0.29, 0.717) is 11.3 Å². The summed E-state index contributed by atoms with van der Waals surface area (Å²) in [7, 11) is 0. The monoisotopic (exact) mass is 250 g/mol. The molecule has 0 aliphatic heterocycles. The van der Waals surface area contributed by atoms with Crippen LogP contribution in [0.4, 0.5) is 13.2 Å². The summed E-state index contributed by atoms with van der Waals surface area (Å²) in [5, 5.41) is 8.64. The Balaban J connectivity index is 3.27. The summed E-state index contributed by atoms with van der Waals surface area (Å²) < 4.78 is 37.7. The van der Waals surface area contributed by atoms with Crippen molar-refractivity contribution in [1.29, 1.82) is 0 Å². The van der Waals surface area contributed by atoms with Crippen LogP contribution in [0.3, 0.4) is 0 Å². The standard InChI is InChI=1S/C10H9F3O2S/c1-16-5-6-2-3-7(9(14)15)8(4-6)10(11,12)13/h2-4H,5H2,1H3,(H,14,15). The fourth-order valence-electron chi connectivity index (χ4n) is 1.27. The molecule has 16 heavy (non-hydrogen) atoms. The van der Waals surface area contributed by atoms with Gasteiger partial charge in [0.1, 0.15) is 0 Å². The number of carboxylic acids is 1. The fraction of sp³-hybridized carbons (Fsp3) is 0.300. The van der Waals surface area contributed by atoms with Crippen LogP contribution in [0.5, 0.6) is 0 Å². The molecule has 0 aliphatic rings. The molecule has 0 aromatic heterocycles. The zero-order valence-electron chi connectivity index (χ0n) is 8.34. The third kappa shape index (κ3) is 2.91. The Morgan fingerprint density at radius 2 is 2.06 bits per heavy atom. The van der Waals surface area contributed by atoms with E-state index in [-0.39, 0.29) is 0 Å². The molecular formula is C10H9F3O2S. The zero-order chi connectivity index (χ0) is 12.3. The molecule has 1 N–H and O–H groups in total. The molecule has 0 heterocycles. The molecule has 6 heteroatoms. The van der Waals surface area contributed by atoms with E-state index in [1.807, 2.05) is 0 Å². The smallest absolute Gasteiger partial charge is 0.417 e. The van der Waals surface area contributed by atoms with Crippen LogP contribution >= 0.6 is 11.8 Å². The van der Waals surface area contributed by atoms with E-state index in [2.05, 4.69) is 0 Å². The molecule has 0 aliphatic carbocycles. The van der Waals surface area contributed by atoms with Crippen LogP contribution in [0.1, 0.15) is 21.5 Å². The normalized spacial score (nSPS) is 11.5. The average Bonchev–Trinajstić information content (AvgIpc) is 2.16. The van der Waals surface area contributed by atoms with Gasteiger partial charge in [0.05, 0.1) is 11.1 Å². The molecule has 0 bridgehead atoms. The first-order valence-electron chi connectivity index (χ1n) is 4.28. The number of halogens is 3. The van der Waals surface area contributed by atoms with Crippen molar-refractivity contribution in [3.63, 3.8) is 0 Å². The molecule has 2 nitrogen and oxygen atoms in total. The number of alkyl halides is 3. The summed E-state index contributed by atoms with van der Waals surface area (Å²) in [4.78, 5) is 10.6. The summed E-state index contributed by atoms with van der Waals surface area (Å²) in [6, 6.07) is 3.28. The largest absolute Gasteiger partial charge is 0.478 e. The van der Waals surface area contributed by atoms with Crippen LogP contribution in [0.2, 0.25) is 0 Å². The molecule has 0 unspecified atom stereocenters. The van der Waals surface area contributed by atoms with Gasteiger partial charge in [-0.3, -0.25) is 0 Å². The van der Waals surface area contributed by atoms with Gasteiger partial charge in [0, 0.05) is 5.75 Å². The van der Waals surface area contributed by atoms with Gasteiger partial charge >= 0.3 is 12.1 Å². The number of rotatable bonds is 3. The molecule has 0 fully saturated rings. The topological polar surface area (TPSA) is 37.3 Å². The Kier molecular flexibility index (Phi) is 3.85. The molecule has 0 saturated heterocycles. The second kappa shape index (κ2) is 4.78. The van der Waals surface area contributed by atoms with Gasteiger partial charge in [0.15, 0.2) is 0 Å². The second-order valence-electron chi connectivity index (χ2n) is 3.12. The van der Waals surface area contributed by atoms with E-state index in [4.69, 9.17) is 5.11 Å². The Bertz CT molecular complexity index is 402. The van der Waals surface area contributed by atoms with Crippen LogP contribution in [-0.2, 0) is 11.9 Å². The van der Waals surface area contributed by atoms with Gasteiger partial charge < -0.3 is 5.11 Å². The molecule has 0 radical (unpaired) electrons. The third-order valence-electron chi connectivity index (χ3n) is 1.93. The minimum Gasteiger partial charge on any atom is -0.478 e. The number of carboxylic acid groups (broad SMARTS) is 1. The van der Waals surface area contributed by atoms with E-state index in [1.54, 1.807) is 6.26 Å². The lowest BCUT2D eigenvalue weighted by molar-refractivity contribution is -0.138. The van der Waals surface area contributed by atoms with Crippen molar-refractivity contribution in [2.45, 2.75) is 11.9 Å². The number of hydrogen-bond acceptors (Lipinski definition) is 2. The number of thioether (sulfide) groups is 1. The van der Waals surface area contributed by atoms with Gasteiger partial charge in [-0.25, -0.2) is 4.79 Å². The highest BCUT2D eigenvalue weighted by atomic mass is 32.2. The van der Waals surface area contributed by atoms with Gasteiger partial charge in [-0.05, 0) is 24.0 Å². The third-order valence-corrected chi connectivity index (χ3v) is 2.55. The molecule has 0 amide bonds. The van der Waals surface area contributed by atoms with Crippen molar-refractivity contribution in [2.24, 2.45) is 0 Å². The van der Waals surface area contributed by atoms with E-state index in [9.17, 15) is 18.0 Å². The lowest BCUT2D eigenvalue weighted by Gasteiger charge is -2.11. The first-order valence-corrected chi connectivity index (χ1v) is 5.68. The molecule has 0 spiro atoms. The number of carbonyl (C=O) groups is 1.